The van der Waals surface area contributed by atoms with Crippen LogP contribution in [0.15, 0.2) is 91.1 Å². The van der Waals surface area contributed by atoms with Crippen molar-refractivity contribution in [3.8, 4) is 0 Å². The summed E-state index contributed by atoms with van der Waals surface area (Å²) in [4.78, 5) is 3.42. The highest BCUT2D eigenvalue weighted by atomic mass is 16.6. The van der Waals surface area contributed by atoms with Gasteiger partial charge in [-0.05, 0) is 23.6 Å². The predicted molar refractivity (Wildman–Crippen MR) is 135 cm³/mol. The van der Waals surface area contributed by atoms with Crippen LogP contribution in [0.4, 0.5) is 0 Å². The lowest BCUT2D eigenvalue weighted by molar-refractivity contribution is -0.234. The van der Waals surface area contributed by atoms with Crippen molar-refractivity contribution in [2.75, 3.05) is 0 Å². The van der Waals surface area contributed by atoms with E-state index in [0.717, 1.165) is 23.1 Å². The van der Waals surface area contributed by atoms with E-state index in [2.05, 4.69) is 85.7 Å². The molecule has 0 unspecified atom stereocenters. The van der Waals surface area contributed by atoms with Gasteiger partial charge >= 0.3 is 0 Å². The highest BCUT2D eigenvalue weighted by Gasteiger charge is 2.46. The number of hydrogen-bond donors (Lipinski definition) is 1. The molecule has 1 N–H and O–H groups in total. The average molecular weight is 456 g/mol. The van der Waals surface area contributed by atoms with Gasteiger partial charge in [-0.15, -0.1) is 0 Å². The minimum Gasteiger partial charge on any atom is -0.370 e. The summed E-state index contributed by atoms with van der Waals surface area (Å²) in [7, 11) is 0. The van der Waals surface area contributed by atoms with Gasteiger partial charge in [0.05, 0.1) is 25.4 Å². The first kappa shape index (κ1) is 22.9. The molecule has 1 aromatic heterocycles. The number of hydrogen-bond acceptors (Lipinski definition) is 3. The van der Waals surface area contributed by atoms with Crippen LogP contribution in [0.2, 0.25) is 0 Å². The lowest BCUT2D eigenvalue weighted by atomic mass is 9.84. The van der Waals surface area contributed by atoms with Crippen molar-refractivity contribution in [1.82, 2.24) is 4.98 Å². The summed E-state index contributed by atoms with van der Waals surface area (Å²) in [5.74, 6) is 0.205. The number of aromatic nitrogens is 1. The highest BCUT2D eigenvalue weighted by molar-refractivity contribution is 5.83. The van der Waals surface area contributed by atoms with Crippen molar-refractivity contribution < 1.29 is 14.2 Å². The second-order valence-electron chi connectivity index (χ2n) is 9.17. The van der Waals surface area contributed by atoms with Crippen molar-refractivity contribution in [2.45, 2.75) is 57.9 Å². The summed E-state index contributed by atoms with van der Waals surface area (Å²) in [5, 5.41) is 1.17. The van der Waals surface area contributed by atoms with E-state index in [1.54, 1.807) is 0 Å². The first-order chi connectivity index (χ1) is 16.7. The Bertz CT molecular complexity index is 1170. The molecule has 0 saturated carbocycles. The predicted octanol–water partition coefficient (Wildman–Crippen LogP) is 6.82. The third kappa shape index (κ3) is 4.80. The van der Waals surface area contributed by atoms with E-state index in [-0.39, 0.29) is 30.3 Å². The van der Waals surface area contributed by atoms with Gasteiger partial charge in [0.1, 0.15) is 12.2 Å². The SMILES string of the molecule is CC[C@H]1O[C@@H](c2c[nH]c3ccccc23)[C@H](OCc2ccccc2)[C@@H](OCc2ccccc2)[C@@H]1C. The second-order valence-corrected chi connectivity index (χ2v) is 9.17. The summed E-state index contributed by atoms with van der Waals surface area (Å²) < 4.78 is 20.1. The average Bonchev–Trinajstić information content (AvgIpc) is 3.32. The summed E-state index contributed by atoms with van der Waals surface area (Å²) in [6, 6.07) is 29.1. The fraction of sp³-hybridized carbons (Fsp3) is 0.333. The van der Waals surface area contributed by atoms with Gasteiger partial charge in [0.15, 0.2) is 0 Å². The van der Waals surface area contributed by atoms with Gasteiger partial charge in [0, 0.05) is 28.6 Å². The lowest BCUT2D eigenvalue weighted by Crippen LogP contribution is -2.51. The maximum atomic E-state index is 6.76. The molecule has 0 amide bonds. The number of ether oxygens (including phenoxy) is 3. The zero-order valence-corrected chi connectivity index (χ0v) is 19.9. The maximum absolute atomic E-state index is 6.76. The quantitative estimate of drug-likeness (QED) is 0.317. The molecule has 5 rings (SSSR count). The molecule has 0 radical (unpaired) electrons. The Morgan fingerprint density at radius 1 is 0.765 bits per heavy atom. The second kappa shape index (κ2) is 10.6. The number of fused-ring (bicyclic) bond motifs is 1. The van der Waals surface area contributed by atoms with E-state index < -0.39 is 0 Å². The van der Waals surface area contributed by atoms with Crippen LogP contribution in [0, 0.1) is 5.92 Å². The van der Waals surface area contributed by atoms with Crippen LogP contribution in [0.5, 0.6) is 0 Å². The third-order valence-electron chi connectivity index (χ3n) is 6.95. The molecule has 0 bridgehead atoms. The van der Waals surface area contributed by atoms with Gasteiger partial charge in [-0.3, -0.25) is 0 Å². The summed E-state index contributed by atoms with van der Waals surface area (Å²) in [6.07, 6.45) is 2.54. The Morgan fingerprint density at radius 2 is 1.35 bits per heavy atom. The Hall–Kier alpha value is -2.92. The van der Waals surface area contributed by atoms with E-state index in [4.69, 9.17) is 14.2 Å². The molecule has 1 fully saturated rings. The molecule has 2 heterocycles. The fourth-order valence-corrected chi connectivity index (χ4v) is 5.08. The standard InChI is InChI=1S/C30H33NO3/c1-3-27-21(2)28(32-19-22-12-6-4-7-13-22)30(33-20-23-14-8-5-9-15-23)29(34-27)25-18-31-26-17-11-10-16-24(25)26/h4-18,21,27-31H,3,19-20H2,1-2H3/t21-,27-,28+,29+,30-/m1/s1. The Labute approximate surface area is 201 Å². The summed E-state index contributed by atoms with van der Waals surface area (Å²) in [5.41, 5.74) is 4.55. The molecule has 5 atom stereocenters. The van der Waals surface area contributed by atoms with Crippen molar-refractivity contribution in [3.63, 3.8) is 0 Å². The molecule has 3 aromatic carbocycles. The Kier molecular flexibility index (Phi) is 7.10. The van der Waals surface area contributed by atoms with E-state index >= 15 is 0 Å². The zero-order valence-electron chi connectivity index (χ0n) is 19.9. The molecular formula is C30H33NO3. The van der Waals surface area contributed by atoms with Gasteiger partial charge in [-0.2, -0.15) is 0 Å². The van der Waals surface area contributed by atoms with E-state index in [1.807, 2.05) is 24.3 Å². The summed E-state index contributed by atoms with van der Waals surface area (Å²) in [6.45, 7) is 5.49. The Morgan fingerprint density at radius 3 is 2.00 bits per heavy atom. The minimum absolute atomic E-state index is 0.0935. The van der Waals surface area contributed by atoms with E-state index in [9.17, 15) is 0 Å². The van der Waals surface area contributed by atoms with Crippen molar-refractivity contribution in [2.24, 2.45) is 5.92 Å². The Balaban J connectivity index is 1.48. The fourth-order valence-electron chi connectivity index (χ4n) is 5.08. The molecule has 4 aromatic rings. The van der Waals surface area contributed by atoms with Crippen molar-refractivity contribution >= 4 is 10.9 Å². The largest absolute Gasteiger partial charge is 0.370 e. The zero-order chi connectivity index (χ0) is 23.3. The molecular weight excluding hydrogens is 422 g/mol. The third-order valence-corrected chi connectivity index (χ3v) is 6.95. The van der Waals surface area contributed by atoms with Gasteiger partial charge in [0.25, 0.3) is 0 Å². The first-order valence-electron chi connectivity index (χ1n) is 12.3. The van der Waals surface area contributed by atoms with Gasteiger partial charge in [-0.25, -0.2) is 0 Å². The molecule has 1 saturated heterocycles. The first-order valence-corrected chi connectivity index (χ1v) is 12.3. The molecule has 1 aliphatic rings. The maximum Gasteiger partial charge on any atom is 0.115 e. The van der Waals surface area contributed by atoms with E-state index in [1.165, 1.54) is 10.9 Å². The number of para-hydroxylation sites is 1. The monoisotopic (exact) mass is 455 g/mol. The minimum atomic E-state index is -0.235. The molecule has 1 aliphatic heterocycles. The van der Waals surface area contributed by atoms with Gasteiger partial charge in [-0.1, -0.05) is 92.7 Å². The molecule has 0 aliphatic carbocycles. The lowest BCUT2D eigenvalue weighted by Gasteiger charge is -2.45. The normalized spacial score (nSPS) is 24.9. The molecule has 4 heteroatoms. The molecule has 0 spiro atoms. The van der Waals surface area contributed by atoms with Crippen LogP contribution < -0.4 is 0 Å². The highest BCUT2D eigenvalue weighted by Crippen LogP contribution is 2.42. The number of aromatic amines is 1. The summed E-state index contributed by atoms with van der Waals surface area (Å²) >= 11 is 0. The van der Waals surface area contributed by atoms with Crippen LogP contribution in [0.3, 0.4) is 0 Å². The number of H-pyrrole nitrogens is 1. The van der Waals surface area contributed by atoms with Gasteiger partial charge in [0.2, 0.25) is 0 Å². The van der Waals surface area contributed by atoms with E-state index in [0.29, 0.717) is 13.2 Å². The molecule has 34 heavy (non-hydrogen) atoms. The van der Waals surface area contributed by atoms with Crippen LogP contribution in [0.1, 0.15) is 43.1 Å². The topological polar surface area (TPSA) is 43.5 Å². The molecule has 176 valence electrons. The van der Waals surface area contributed by atoms with Crippen LogP contribution >= 0.6 is 0 Å². The van der Waals surface area contributed by atoms with Gasteiger partial charge < -0.3 is 19.2 Å². The smallest absolute Gasteiger partial charge is 0.115 e. The van der Waals surface area contributed by atoms with Crippen LogP contribution in [-0.4, -0.2) is 23.3 Å². The number of benzene rings is 3. The van der Waals surface area contributed by atoms with Crippen LogP contribution in [-0.2, 0) is 27.4 Å². The molecule has 4 nitrogen and oxygen atoms in total. The number of rotatable bonds is 8. The van der Waals surface area contributed by atoms with Crippen molar-refractivity contribution in [1.29, 1.82) is 0 Å². The number of nitrogens with one attached hydrogen (secondary N) is 1. The van der Waals surface area contributed by atoms with Crippen molar-refractivity contribution in [3.05, 3.63) is 108 Å². The van der Waals surface area contributed by atoms with Crippen LogP contribution in [0.25, 0.3) is 10.9 Å².